The van der Waals surface area contributed by atoms with E-state index in [0.717, 1.165) is 31.4 Å². The van der Waals surface area contributed by atoms with Gasteiger partial charge in [-0.05, 0) is 30.4 Å². The van der Waals surface area contributed by atoms with Crippen LogP contribution >= 0.6 is 0 Å². The number of carbonyl (C=O) groups excluding carboxylic acids is 2. The van der Waals surface area contributed by atoms with Crippen LogP contribution in [0.15, 0.2) is 24.4 Å². The Bertz CT molecular complexity index is 472. The minimum absolute atomic E-state index is 0.0191. The average Bonchev–Trinajstić information content (AvgIpc) is 2.83. The van der Waals surface area contributed by atoms with E-state index in [2.05, 4.69) is 4.98 Å². The van der Waals surface area contributed by atoms with E-state index in [1.54, 1.807) is 6.20 Å². The summed E-state index contributed by atoms with van der Waals surface area (Å²) in [6.07, 6.45) is 7.12. The highest BCUT2D eigenvalue weighted by Crippen LogP contribution is 2.47. The van der Waals surface area contributed by atoms with Gasteiger partial charge in [0.15, 0.2) is 0 Å². The third-order valence-electron chi connectivity index (χ3n) is 4.37. The average molecular weight is 258 g/mol. The molecule has 1 aromatic heterocycles. The molecule has 1 saturated carbocycles. The third kappa shape index (κ3) is 2.39. The van der Waals surface area contributed by atoms with Gasteiger partial charge in [0.1, 0.15) is 0 Å². The van der Waals surface area contributed by atoms with Crippen LogP contribution in [0.1, 0.15) is 44.2 Å². The number of aromatic nitrogens is 1. The van der Waals surface area contributed by atoms with Gasteiger partial charge in [-0.15, -0.1) is 0 Å². The van der Waals surface area contributed by atoms with Gasteiger partial charge in [-0.25, -0.2) is 0 Å². The van der Waals surface area contributed by atoms with Gasteiger partial charge in [-0.3, -0.25) is 19.5 Å². The second kappa shape index (κ2) is 4.76. The van der Waals surface area contributed by atoms with E-state index < -0.39 is 0 Å². The zero-order valence-electron chi connectivity index (χ0n) is 11.0. The number of imide groups is 1. The Balaban J connectivity index is 1.74. The van der Waals surface area contributed by atoms with Crippen molar-refractivity contribution in [1.82, 2.24) is 9.88 Å². The number of piperidine rings is 1. The first-order valence-electron chi connectivity index (χ1n) is 6.92. The van der Waals surface area contributed by atoms with E-state index in [-0.39, 0.29) is 17.2 Å². The summed E-state index contributed by atoms with van der Waals surface area (Å²) in [5.41, 5.74) is 0.751. The van der Waals surface area contributed by atoms with Gasteiger partial charge in [0, 0.05) is 19.0 Å². The Morgan fingerprint density at radius 2 is 1.79 bits per heavy atom. The molecule has 2 heterocycles. The second-order valence-corrected chi connectivity index (χ2v) is 5.76. The van der Waals surface area contributed by atoms with Gasteiger partial charge in [0.25, 0.3) is 0 Å². The highest BCUT2D eigenvalue weighted by molar-refractivity contribution is 5.98. The molecule has 100 valence electrons. The number of likely N-dealkylation sites (tertiary alicyclic amines) is 1. The number of hydrogen-bond donors (Lipinski definition) is 0. The summed E-state index contributed by atoms with van der Waals surface area (Å²) in [5, 5.41) is 0. The van der Waals surface area contributed by atoms with Crippen molar-refractivity contribution in [3.8, 4) is 0 Å². The molecule has 2 fully saturated rings. The van der Waals surface area contributed by atoms with Crippen molar-refractivity contribution in [3.05, 3.63) is 30.1 Å². The minimum atomic E-state index is -0.0243. The molecule has 0 bridgehead atoms. The predicted octanol–water partition coefficient (Wildman–Crippen LogP) is 2.29. The Morgan fingerprint density at radius 1 is 1.11 bits per heavy atom. The lowest BCUT2D eigenvalue weighted by Gasteiger charge is -2.37. The van der Waals surface area contributed by atoms with Gasteiger partial charge in [-0.1, -0.05) is 18.9 Å². The highest BCUT2D eigenvalue weighted by atomic mass is 16.2. The lowest BCUT2D eigenvalue weighted by Crippen LogP contribution is -2.46. The summed E-state index contributed by atoms with van der Waals surface area (Å²) in [7, 11) is 0. The fourth-order valence-corrected chi connectivity index (χ4v) is 3.34. The third-order valence-corrected chi connectivity index (χ3v) is 4.37. The quantitative estimate of drug-likeness (QED) is 0.765. The molecule has 1 aromatic rings. The Kier molecular flexibility index (Phi) is 3.09. The number of carbonyl (C=O) groups is 2. The van der Waals surface area contributed by atoms with E-state index in [4.69, 9.17) is 0 Å². The molecule has 2 aliphatic rings. The second-order valence-electron chi connectivity index (χ2n) is 5.76. The SMILES string of the molecule is O=C1CC2(CCCC2)CC(=O)N1Cc1ccccn1. The summed E-state index contributed by atoms with van der Waals surface area (Å²) in [5.74, 6) is -0.0485. The van der Waals surface area contributed by atoms with Gasteiger partial charge in [-0.2, -0.15) is 0 Å². The van der Waals surface area contributed by atoms with E-state index in [1.165, 1.54) is 4.90 Å². The van der Waals surface area contributed by atoms with Crippen LogP contribution in [0.3, 0.4) is 0 Å². The van der Waals surface area contributed by atoms with Crippen molar-refractivity contribution < 1.29 is 9.59 Å². The molecule has 4 heteroatoms. The zero-order chi connectivity index (χ0) is 13.3. The van der Waals surface area contributed by atoms with Crippen LogP contribution in [0, 0.1) is 5.41 Å². The van der Waals surface area contributed by atoms with Crippen molar-refractivity contribution in [2.75, 3.05) is 0 Å². The van der Waals surface area contributed by atoms with Gasteiger partial charge in [0.2, 0.25) is 11.8 Å². The van der Waals surface area contributed by atoms with Crippen LogP contribution in [-0.2, 0) is 16.1 Å². The Morgan fingerprint density at radius 3 is 2.37 bits per heavy atom. The molecule has 0 aromatic carbocycles. The summed E-state index contributed by atoms with van der Waals surface area (Å²) in [4.78, 5) is 30.1. The Hall–Kier alpha value is -1.71. The molecular weight excluding hydrogens is 240 g/mol. The topological polar surface area (TPSA) is 50.3 Å². The number of hydrogen-bond acceptors (Lipinski definition) is 3. The number of rotatable bonds is 2. The van der Waals surface area contributed by atoms with Crippen molar-refractivity contribution in [2.45, 2.75) is 45.1 Å². The number of amides is 2. The largest absolute Gasteiger partial charge is 0.277 e. The van der Waals surface area contributed by atoms with Gasteiger partial charge < -0.3 is 0 Å². The molecule has 3 rings (SSSR count). The molecule has 0 atom stereocenters. The van der Waals surface area contributed by atoms with Crippen LogP contribution < -0.4 is 0 Å². The fraction of sp³-hybridized carbons (Fsp3) is 0.533. The van der Waals surface area contributed by atoms with Crippen LogP contribution in [0.25, 0.3) is 0 Å². The Labute approximate surface area is 112 Å². The minimum Gasteiger partial charge on any atom is -0.277 e. The first-order chi connectivity index (χ1) is 9.19. The maximum absolute atomic E-state index is 12.2. The predicted molar refractivity (Wildman–Crippen MR) is 69.9 cm³/mol. The molecular formula is C15H18N2O2. The monoisotopic (exact) mass is 258 g/mol. The molecule has 0 N–H and O–H groups in total. The molecule has 4 nitrogen and oxygen atoms in total. The van der Waals surface area contributed by atoms with Crippen LogP contribution in [0.2, 0.25) is 0 Å². The molecule has 1 spiro atoms. The summed E-state index contributed by atoms with van der Waals surface area (Å²) in [6.45, 7) is 0.314. The lowest BCUT2D eigenvalue weighted by molar-refractivity contribution is -0.154. The van der Waals surface area contributed by atoms with Crippen LogP contribution in [0.4, 0.5) is 0 Å². The van der Waals surface area contributed by atoms with E-state index in [1.807, 2.05) is 18.2 Å². The molecule has 19 heavy (non-hydrogen) atoms. The van der Waals surface area contributed by atoms with Crippen molar-refractivity contribution in [1.29, 1.82) is 0 Å². The van der Waals surface area contributed by atoms with E-state index >= 15 is 0 Å². The fourth-order valence-electron chi connectivity index (χ4n) is 3.34. The molecule has 0 radical (unpaired) electrons. The van der Waals surface area contributed by atoms with E-state index in [9.17, 15) is 9.59 Å². The maximum Gasteiger partial charge on any atom is 0.230 e. The maximum atomic E-state index is 12.2. The highest BCUT2D eigenvalue weighted by Gasteiger charge is 2.44. The lowest BCUT2D eigenvalue weighted by atomic mass is 9.76. The number of pyridine rings is 1. The standard InChI is InChI=1S/C15H18N2O2/c18-13-9-15(6-2-3-7-15)10-14(19)17(13)11-12-5-1-4-8-16-12/h1,4-5,8H,2-3,6-7,9-11H2. The summed E-state index contributed by atoms with van der Waals surface area (Å²) >= 11 is 0. The van der Waals surface area contributed by atoms with Crippen LogP contribution in [0.5, 0.6) is 0 Å². The van der Waals surface area contributed by atoms with Crippen molar-refractivity contribution in [3.63, 3.8) is 0 Å². The van der Waals surface area contributed by atoms with Gasteiger partial charge >= 0.3 is 0 Å². The molecule has 1 saturated heterocycles. The summed E-state index contributed by atoms with van der Waals surface area (Å²) < 4.78 is 0. The first kappa shape index (κ1) is 12.3. The normalized spacial score (nSPS) is 22.2. The van der Waals surface area contributed by atoms with Crippen LogP contribution in [-0.4, -0.2) is 21.7 Å². The molecule has 0 unspecified atom stereocenters. The zero-order valence-corrected chi connectivity index (χ0v) is 11.0. The number of nitrogens with zero attached hydrogens (tertiary/aromatic N) is 2. The van der Waals surface area contributed by atoms with Crippen molar-refractivity contribution in [2.24, 2.45) is 5.41 Å². The first-order valence-corrected chi connectivity index (χ1v) is 6.92. The van der Waals surface area contributed by atoms with Gasteiger partial charge in [0.05, 0.1) is 12.2 Å². The smallest absolute Gasteiger partial charge is 0.230 e. The van der Waals surface area contributed by atoms with E-state index in [0.29, 0.717) is 19.4 Å². The molecule has 2 amide bonds. The summed E-state index contributed by atoms with van der Waals surface area (Å²) in [6, 6.07) is 5.55. The van der Waals surface area contributed by atoms with Crippen molar-refractivity contribution >= 4 is 11.8 Å². The molecule has 1 aliphatic heterocycles. The molecule has 1 aliphatic carbocycles.